The number of aliphatic imine (C=N–C) groups is 1. The molecule has 0 unspecified atom stereocenters. The molecule has 0 radical (unpaired) electrons. The first-order valence-corrected chi connectivity index (χ1v) is 7.59. The maximum absolute atomic E-state index is 11.9. The number of thioether (sulfide) groups is 1. The van der Waals surface area contributed by atoms with E-state index in [4.69, 9.17) is 4.74 Å². The Labute approximate surface area is 138 Å². The minimum atomic E-state index is -0.930. The first kappa shape index (κ1) is 17.6. The van der Waals surface area contributed by atoms with Crippen LogP contribution in [0.3, 0.4) is 0 Å². The topological polar surface area (TPSA) is 152 Å². The average molecular weight is 355 g/mol. The number of hydrogen-bond acceptors (Lipinski definition) is 7. The SMILES string of the molecule is COCCn1c(NC(=O)CSC2=NC(=O)C(=O)N2)cc(=O)[nH]c1=O. The fourth-order valence-electron chi connectivity index (χ4n) is 1.73. The molecule has 1 aromatic heterocycles. The predicted molar refractivity (Wildman–Crippen MR) is 84.9 cm³/mol. The highest BCUT2D eigenvalue weighted by molar-refractivity contribution is 8.14. The van der Waals surface area contributed by atoms with Gasteiger partial charge in [0.05, 0.1) is 18.9 Å². The summed E-state index contributed by atoms with van der Waals surface area (Å²) in [6.45, 7) is 0.334. The highest BCUT2D eigenvalue weighted by Crippen LogP contribution is 2.08. The van der Waals surface area contributed by atoms with E-state index in [0.29, 0.717) is 0 Å². The van der Waals surface area contributed by atoms with Gasteiger partial charge in [0.1, 0.15) is 5.82 Å². The number of ether oxygens (including phenoxy) is 1. The molecule has 0 fully saturated rings. The molecule has 3 N–H and O–H groups in total. The zero-order valence-corrected chi connectivity index (χ0v) is 13.3. The van der Waals surface area contributed by atoms with Crippen LogP contribution in [0.5, 0.6) is 0 Å². The van der Waals surface area contributed by atoms with E-state index in [1.54, 1.807) is 0 Å². The molecule has 0 saturated carbocycles. The van der Waals surface area contributed by atoms with E-state index in [1.165, 1.54) is 7.11 Å². The zero-order chi connectivity index (χ0) is 17.7. The maximum Gasteiger partial charge on any atom is 0.337 e. The minimum absolute atomic E-state index is 0.0138. The average Bonchev–Trinajstić information content (AvgIpc) is 2.83. The second-order valence-corrected chi connectivity index (χ2v) is 5.45. The van der Waals surface area contributed by atoms with Crippen molar-refractivity contribution in [3.05, 3.63) is 26.9 Å². The quantitative estimate of drug-likeness (QED) is 0.493. The van der Waals surface area contributed by atoms with Crippen LogP contribution in [0.15, 0.2) is 20.6 Å². The summed E-state index contributed by atoms with van der Waals surface area (Å²) in [5.41, 5.74) is -1.34. The molecule has 2 heterocycles. The molecule has 0 aromatic carbocycles. The number of amidine groups is 1. The summed E-state index contributed by atoms with van der Waals surface area (Å²) in [6, 6.07) is 1.07. The van der Waals surface area contributed by atoms with Gasteiger partial charge in [-0.2, -0.15) is 4.99 Å². The van der Waals surface area contributed by atoms with Crippen molar-refractivity contribution in [1.29, 1.82) is 0 Å². The van der Waals surface area contributed by atoms with E-state index in [0.717, 1.165) is 22.4 Å². The molecule has 1 aromatic rings. The van der Waals surface area contributed by atoms with E-state index in [-0.39, 0.29) is 29.9 Å². The fourth-order valence-corrected chi connectivity index (χ4v) is 2.38. The summed E-state index contributed by atoms with van der Waals surface area (Å²) in [5, 5.41) is 4.64. The van der Waals surface area contributed by atoms with Gasteiger partial charge in [-0.1, -0.05) is 11.8 Å². The second-order valence-electron chi connectivity index (χ2n) is 4.48. The molecular formula is C12H13N5O6S. The molecular weight excluding hydrogens is 342 g/mol. The Kier molecular flexibility index (Phi) is 5.65. The van der Waals surface area contributed by atoms with Crippen LogP contribution in [0, 0.1) is 0 Å². The van der Waals surface area contributed by atoms with Gasteiger partial charge >= 0.3 is 17.5 Å². The van der Waals surface area contributed by atoms with Crippen molar-refractivity contribution in [2.24, 2.45) is 4.99 Å². The van der Waals surface area contributed by atoms with Crippen LogP contribution in [-0.2, 0) is 25.7 Å². The van der Waals surface area contributed by atoms with E-state index < -0.39 is 29.0 Å². The van der Waals surface area contributed by atoms with Gasteiger partial charge in [0.15, 0.2) is 5.17 Å². The van der Waals surface area contributed by atoms with Gasteiger partial charge in [-0.05, 0) is 0 Å². The van der Waals surface area contributed by atoms with Crippen molar-refractivity contribution in [2.75, 3.05) is 24.8 Å². The molecule has 0 bridgehead atoms. The number of nitrogens with zero attached hydrogens (tertiary/aromatic N) is 2. The van der Waals surface area contributed by atoms with Gasteiger partial charge in [0, 0.05) is 13.2 Å². The molecule has 3 amide bonds. The standard InChI is InChI=1S/C12H13N5O6S/c1-23-3-2-17-6(4-7(18)14-12(17)22)13-8(19)5-24-11-15-9(20)10(21)16-11/h4H,2-3,5H2,1H3,(H,13,19)(H,14,18,22)(H,15,16,20,21). The van der Waals surface area contributed by atoms with Crippen LogP contribution in [0.25, 0.3) is 0 Å². The van der Waals surface area contributed by atoms with Crippen LogP contribution in [0.1, 0.15) is 0 Å². The molecule has 0 spiro atoms. The third-order valence-corrected chi connectivity index (χ3v) is 3.65. The number of carbonyl (C=O) groups is 3. The van der Waals surface area contributed by atoms with Gasteiger partial charge in [0.2, 0.25) is 5.91 Å². The van der Waals surface area contributed by atoms with E-state index in [1.807, 2.05) is 0 Å². The number of aromatic amines is 1. The number of aromatic nitrogens is 2. The van der Waals surface area contributed by atoms with Crippen molar-refractivity contribution in [1.82, 2.24) is 14.9 Å². The Morgan fingerprint density at radius 2 is 2.12 bits per heavy atom. The van der Waals surface area contributed by atoms with Crippen molar-refractivity contribution in [2.45, 2.75) is 6.54 Å². The van der Waals surface area contributed by atoms with Crippen molar-refractivity contribution < 1.29 is 19.1 Å². The molecule has 24 heavy (non-hydrogen) atoms. The molecule has 0 atom stereocenters. The molecule has 0 saturated heterocycles. The maximum atomic E-state index is 11.9. The normalized spacial score (nSPS) is 13.6. The van der Waals surface area contributed by atoms with Gasteiger partial charge in [0.25, 0.3) is 5.56 Å². The summed E-state index contributed by atoms with van der Waals surface area (Å²) in [7, 11) is 1.45. The molecule has 2 rings (SSSR count). The molecule has 128 valence electrons. The lowest BCUT2D eigenvalue weighted by Gasteiger charge is -2.12. The highest BCUT2D eigenvalue weighted by Gasteiger charge is 2.24. The number of H-pyrrole nitrogens is 1. The summed E-state index contributed by atoms with van der Waals surface area (Å²) < 4.78 is 6.01. The van der Waals surface area contributed by atoms with Gasteiger partial charge in [-0.15, -0.1) is 0 Å². The summed E-state index contributed by atoms with van der Waals surface area (Å²) in [6.07, 6.45) is 0. The summed E-state index contributed by atoms with van der Waals surface area (Å²) in [5.74, 6) is -2.51. The Hall–Kier alpha value is -2.73. The lowest BCUT2D eigenvalue weighted by Crippen LogP contribution is -2.34. The Morgan fingerprint density at radius 3 is 2.75 bits per heavy atom. The van der Waals surface area contributed by atoms with E-state index in [9.17, 15) is 24.0 Å². The lowest BCUT2D eigenvalue weighted by molar-refractivity contribution is -0.135. The minimum Gasteiger partial charge on any atom is -0.383 e. The first-order chi connectivity index (χ1) is 11.4. The number of nitrogens with one attached hydrogen (secondary N) is 3. The van der Waals surface area contributed by atoms with Crippen LogP contribution >= 0.6 is 11.8 Å². The molecule has 11 nitrogen and oxygen atoms in total. The number of methoxy groups -OCH3 is 1. The zero-order valence-electron chi connectivity index (χ0n) is 12.5. The van der Waals surface area contributed by atoms with Gasteiger partial charge in [-0.25, -0.2) is 4.79 Å². The fraction of sp³-hybridized carbons (Fsp3) is 0.333. The number of hydrogen-bond donors (Lipinski definition) is 3. The highest BCUT2D eigenvalue weighted by atomic mass is 32.2. The predicted octanol–water partition coefficient (Wildman–Crippen LogP) is -2.13. The van der Waals surface area contributed by atoms with Crippen LogP contribution < -0.4 is 21.9 Å². The van der Waals surface area contributed by atoms with Crippen molar-refractivity contribution in [3.8, 4) is 0 Å². The monoisotopic (exact) mass is 355 g/mol. The lowest BCUT2D eigenvalue weighted by atomic mass is 10.5. The summed E-state index contributed by atoms with van der Waals surface area (Å²) in [4.78, 5) is 62.5. The van der Waals surface area contributed by atoms with Crippen molar-refractivity contribution in [3.63, 3.8) is 0 Å². The van der Waals surface area contributed by atoms with Crippen LogP contribution in [-0.4, -0.2) is 51.9 Å². The van der Waals surface area contributed by atoms with Crippen LogP contribution in [0.4, 0.5) is 5.82 Å². The smallest absolute Gasteiger partial charge is 0.337 e. The largest absolute Gasteiger partial charge is 0.383 e. The van der Waals surface area contributed by atoms with Crippen LogP contribution in [0.2, 0.25) is 0 Å². The number of amides is 3. The third kappa shape index (κ3) is 4.39. The number of anilines is 1. The molecule has 1 aliphatic heterocycles. The Morgan fingerprint density at radius 1 is 1.38 bits per heavy atom. The molecule has 0 aliphatic carbocycles. The van der Waals surface area contributed by atoms with Crippen molar-refractivity contribution >= 4 is 40.5 Å². The summed E-state index contributed by atoms with van der Waals surface area (Å²) >= 11 is 0.838. The molecule has 1 aliphatic rings. The van der Waals surface area contributed by atoms with E-state index in [2.05, 4.69) is 20.6 Å². The van der Waals surface area contributed by atoms with Gasteiger partial charge < -0.3 is 10.1 Å². The number of rotatable bonds is 6. The third-order valence-electron chi connectivity index (χ3n) is 2.78. The first-order valence-electron chi connectivity index (χ1n) is 6.60. The van der Waals surface area contributed by atoms with E-state index >= 15 is 0 Å². The second kappa shape index (κ2) is 7.70. The Bertz CT molecular complexity index is 826. The molecule has 12 heteroatoms. The Balaban J connectivity index is 2.04. The number of carbonyl (C=O) groups excluding carboxylic acids is 3. The van der Waals surface area contributed by atoms with Gasteiger partial charge in [-0.3, -0.25) is 34.0 Å².